The number of nitrogens with one attached hydrogen (secondary N) is 1. The number of halogens is 3. The summed E-state index contributed by atoms with van der Waals surface area (Å²) >= 11 is 0. The van der Waals surface area contributed by atoms with Crippen LogP contribution in [0.25, 0.3) is 11.4 Å². The zero-order chi connectivity index (χ0) is 20.1. The number of amides is 1. The van der Waals surface area contributed by atoms with Gasteiger partial charge in [-0.05, 0) is 48.5 Å². The van der Waals surface area contributed by atoms with Crippen molar-refractivity contribution in [3.8, 4) is 22.9 Å². The second kappa shape index (κ2) is 7.99. The largest absolute Gasteiger partial charge is 0.573 e. The molecule has 0 radical (unpaired) electrons. The van der Waals surface area contributed by atoms with E-state index in [2.05, 4.69) is 20.2 Å². The van der Waals surface area contributed by atoms with Gasteiger partial charge >= 0.3 is 6.36 Å². The predicted molar refractivity (Wildman–Crippen MR) is 91.7 cm³/mol. The normalized spacial score (nSPS) is 11.1. The van der Waals surface area contributed by atoms with Crippen molar-refractivity contribution in [1.82, 2.24) is 10.1 Å². The van der Waals surface area contributed by atoms with Crippen molar-refractivity contribution in [2.45, 2.75) is 13.3 Å². The van der Waals surface area contributed by atoms with Gasteiger partial charge < -0.3 is 19.3 Å². The molecule has 0 saturated carbocycles. The van der Waals surface area contributed by atoms with Crippen LogP contribution in [0.5, 0.6) is 11.5 Å². The SMILES string of the molecule is Cc1nc(-c2ccc(OCC(=O)Nc3ccc(OC(F)(F)F)cc3)cc2)no1. The van der Waals surface area contributed by atoms with Crippen molar-refractivity contribution < 1.29 is 32.0 Å². The molecule has 0 aliphatic heterocycles. The molecule has 0 atom stereocenters. The maximum Gasteiger partial charge on any atom is 0.573 e. The lowest BCUT2D eigenvalue weighted by Crippen LogP contribution is -2.20. The summed E-state index contributed by atoms with van der Waals surface area (Å²) in [6.45, 7) is 1.41. The van der Waals surface area contributed by atoms with Gasteiger partial charge in [-0.3, -0.25) is 4.79 Å². The Morgan fingerprint density at radius 3 is 2.29 bits per heavy atom. The van der Waals surface area contributed by atoms with Gasteiger partial charge in [-0.15, -0.1) is 13.2 Å². The molecule has 1 N–H and O–H groups in total. The first-order valence-electron chi connectivity index (χ1n) is 7.98. The minimum Gasteiger partial charge on any atom is -0.484 e. The third-order valence-corrected chi connectivity index (χ3v) is 3.38. The molecule has 28 heavy (non-hydrogen) atoms. The van der Waals surface area contributed by atoms with Crippen LogP contribution in [-0.2, 0) is 4.79 Å². The van der Waals surface area contributed by atoms with Gasteiger partial charge in [0.05, 0.1) is 0 Å². The van der Waals surface area contributed by atoms with E-state index in [-0.39, 0.29) is 12.4 Å². The van der Waals surface area contributed by atoms with Crippen molar-refractivity contribution in [2.24, 2.45) is 0 Å². The first-order chi connectivity index (χ1) is 13.3. The van der Waals surface area contributed by atoms with Gasteiger partial charge in [-0.1, -0.05) is 5.16 Å². The van der Waals surface area contributed by atoms with Crippen LogP contribution in [0.2, 0.25) is 0 Å². The lowest BCUT2D eigenvalue weighted by molar-refractivity contribution is -0.274. The number of ether oxygens (including phenoxy) is 2. The van der Waals surface area contributed by atoms with Crippen LogP contribution in [0, 0.1) is 6.92 Å². The predicted octanol–water partition coefficient (Wildman–Crippen LogP) is 3.96. The number of hydrogen-bond donors (Lipinski definition) is 1. The molecule has 1 heterocycles. The molecular weight excluding hydrogens is 379 g/mol. The summed E-state index contributed by atoms with van der Waals surface area (Å²) in [5, 5.41) is 6.31. The van der Waals surface area contributed by atoms with E-state index in [1.807, 2.05) is 0 Å². The van der Waals surface area contributed by atoms with E-state index in [9.17, 15) is 18.0 Å². The number of anilines is 1. The second-order valence-corrected chi connectivity index (χ2v) is 5.57. The Bertz CT molecular complexity index is 938. The molecule has 3 rings (SSSR count). The van der Waals surface area contributed by atoms with E-state index >= 15 is 0 Å². The van der Waals surface area contributed by atoms with Crippen molar-refractivity contribution in [3.05, 3.63) is 54.4 Å². The molecular formula is C18H14F3N3O4. The summed E-state index contributed by atoms with van der Waals surface area (Å²) < 4.78 is 50.4. The first-order valence-corrected chi connectivity index (χ1v) is 7.98. The average Bonchev–Trinajstić information content (AvgIpc) is 3.07. The number of benzene rings is 2. The Morgan fingerprint density at radius 2 is 1.71 bits per heavy atom. The average molecular weight is 393 g/mol. The van der Waals surface area contributed by atoms with E-state index < -0.39 is 12.3 Å². The van der Waals surface area contributed by atoms with E-state index in [0.29, 0.717) is 23.2 Å². The van der Waals surface area contributed by atoms with Crippen LogP contribution in [-0.4, -0.2) is 29.0 Å². The molecule has 3 aromatic rings. The van der Waals surface area contributed by atoms with E-state index in [1.165, 1.54) is 12.1 Å². The van der Waals surface area contributed by atoms with E-state index in [0.717, 1.165) is 17.7 Å². The van der Waals surface area contributed by atoms with E-state index in [4.69, 9.17) is 9.26 Å². The van der Waals surface area contributed by atoms with Gasteiger partial charge in [0.25, 0.3) is 5.91 Å². The smallest absolute Gasteiger partial charge is 0.484 e. The number of alkyl halides is 3. The van der Waals surface area contributed by atoms with Crippen LogP contribution >= 0.6 is 0 Å². The Kier molecular flexibility index (Phi) is 5.48. The minimum atomic E-state index is -4.77. The zero-order valence-corrected chi connectivity index (χ0v) is 14.5. The molecule has 0 bridgehead atoms. The molecule has 0 aliphatic carbocycles. The molecule has 0 spiro atoms. The van der Waals surface area contributed by atoms with Crippen molar-refractivity contribution in [2.75, 3.05) is 11.9 Å². The Balaban J connectivity index is 1.50. The summed E-state index contributed by atoms with van der Waals surface area (Å²) in [6, 6.07) is 11.5. The van der Waals surface area contributed by atoms with Crippen LogP contribution in [0.15, 0.2) is 53.1 Å². The van der Waals surface area contributed by atoms with Crippen LogP contribution in [0.3, 0.4) is 0 Å². The molecule has 0 fully saturated rings. The highest BCUT2D eigenvalue weighted by atomic mass is 19.4. The monoisotopic (exact) mass is 393 g/mol. The molecule has 7 nitrogen and oxygen atoms in total. The molecule has 1 aromatic heterocycles. The summed E-state index contributed by atoms with van der Waals surface area (Å²) in [6.07, 6.45) is -4.77. The fraction of sp³-hybridized carbons (Fsp3) is 0.167. The van der Waals surface area contributed by atoms with E-state index in [1.54, 1.807) is 31.2 Å². The Hall–Kier alpha value is -3.56. The summed E-state index contributed by atoms with van der Waals surface area (Å²) in [4.78, 5) is 16.0. The van der Waals surface area contributed by atoms with Crippen molar-refractivity contribution >= 4 is 11.6 Å². The third kappa shape index (κ3) is 5.47. The highest BCUT2D eigenvalue weighted by molar-refractivity contribution is 5.91. The number of rotatable bonds is 6. The number of aryl methyl sites for hydroxylation is 1. The van der Waals surface area contributed by atoms with Crippen LogP contribution in [0.1, 0.15) is 5.89 Å². The van der Waals surface area contributed by atoms with Crippen molar-refractivity contribution in [3.63, 3.8) is 0 Å². The van der Waals surface area contributed by atoms with Crippen LogP contribution in [0.4, 0.5) is 18.9 Å². The Morgan fingerprint density at radius 1 is 1.07 bits per heavy atom. The Labute approximate surface area is 157 Å². The summed E-state index contributed by atoms with van der Waals surface area (Å²) in [7, 11) is 0. The molecule has 10 heteroatoms. The lowest BCUT2D eigenvalue weighted by Gasteiger charge is -2.10. The maximum absolute atomic E-state index is 12.1. The van der Waals surface area contributed by atoms with Gasteiger partial charge in [0.15, 0.2) is 6.61 Å². The lowest BCUT2D eigenvalue weighted by atomic mass is 10.2. The first kappa shape index (κ1) is 19.2. The number of nitrogens with zero attached hydrogens (tertiary/aromatic N) is 2. The standard InChI is InChI=1S/C18H14F3N3O4/c1-11-22-17(24-28-11)12-2-6-14(7-3-12)26-10-16(25)23-13-4-8-15(9-5-13)27-18(19,20)21/h2-9H,10H2,1H3,(H,23,25). The van der Waals surface area contributed by atoms with Gasteiger partial charge in [-0.2, -0.15) is 4.98 Å². The maximum atomic E-state index is 12.1. The highest BCUT2D eigenvalue weighted by Gasteiger charge is 2.30. The fourth-order valence-electron chi connectivity index (χ4n) is 2.20. The zero-order valence-electron chi connectivity index (χ0n) is 14.5. The molecule has 1 amide bonds. The number of aromatic nitrogens is 2. The van der Waals surface area contributed by atoms with Crippen molar-refractivity contribution in [1.29, 1.82) is 0 Å². The molecule has 146 valence electrons. The summed E-state index contributed by atoms with van der Waals surface area (Å²) in [5.41, 5.74) is 1.04. The number of carbonyl (C=O) groups excluding carboxylic acids is 1. The summed E-state index contributed by atoms with van der Waals surface area (Å²) in [5.74, 6) is 0.499. The topological polar surface area (TPSA) is 86.5 Å². The van der Waals surface area contributed by atoms with Gasteiger partial charge in [-0.25, -0.2) is 0 Å². The fourth-order valence-corrected chi connectivity index (χ4v) is 2.20. The molecule has 0 unspecified atom stereocenters. The number of hydrogen-bond acceptors (Lipinski definition) is 6. The third-order valence-electron chi connectivity index (χ3n) is 3.38. The molecule has 2 aromatic carbocycles. The van der Waals surface area contributed by atoms with Gasteiger partial charge in [0, 0.05) is 18.2 Å². The molecule has 0 saturated heterocycles. The van der Waals surface area contributed by atoms with Gasteiger partial charge in [0.1, 0.15) is 11.5 Å². The second-order valence-electron chi connectivity index (χ2n) is 5.57. The van der Waals surface area contributed by atoms with Gasteiger partial charge in [0.2, 0.25) is 11.7 Å². The quantitative estimate of drug-likeness (QED) is 0.682. The number of carbonyl (C=O) groups is 1. The highest BCUT2D eigenvalue weighted by Crippen LogP contribution is 2.24. The minimum absolute atomic E-state index is 0.276. The van der Waals surface area contributed by atoms with Crippen LogP contribution < -0.4 is 14.8 Å². The molecule has 0 aliphatic rings.